The first-order chi connectivity index (χ1) is 17.3. The van der Waals surface area contributed by atoms with Crippen LogP contribution in [0.1, 0.15) is 44.9 Å². The maximum Gasteiger partial charge on any atom is 0.338 e. The number of fused-ring (bicyclic) bond motifs is 1. The summed E-state index contributed by atoms with van der Waals surface area (Å²) < 4.78 is 7.22. The van der Waals surface area contributed by atoms with E-state index in [1.54, 1.807) is 56.3 Å². The number of phenolic OH excluding ortho intramolecular Hbond substituents is 1. The fourth-order valence-corrected chi connectivity index (χ4v) is 5.50. The molecule has 1 aliphatic heterocycles. The molecule has 7 nitrogen and oxygen atoms in total. The van der Waals surface area contributed by atoms with E-state index < -0.39 is 12.0 Å². The van der Waals surface area contributed by atoms with E-state index in [0.717, 1.165) is 24.3 Å². The molecule has 0 bridgehead atoms. The highest BCUT2D eigenvalue weighted by Crippen LogP contribution is 2.31. The zero-order valence-electron chi connectivity index (χ0n) is 20.6. The summed E-state index contributed by atoms with van der Waals surface area (Å²) in [7, 11) is 0. The maximum atomic E-state index is 13.7. The monoisotopic (exact) mass is 525 g/mol. The molecule has 1 aromatic heterocycles. The number of phenols is 1. The average molecular weight is 526 g/mol. The number of halogens is 1. The molecule has 0 aliphatic carbocycles. The summed E-state index contributed by atoms with van der Waals surface area (Å²) in [5.41, 5.74) is 2.65. The molecule has 2 aromatic carbocycles. The van der Waals surface area contributed by atoms with Crippen LogP contribution in [0.5, 0.6) is 5.75 Å². The van der Waals surface area contributed by atoms with Gasteiger partial charge in [-0.2, -0.15) is 0 Å². The molecule has 9 heteroatoms. The summed E-state index contributed by atoms with van der Waals surface area (Å²) in [4.78, 5) is 33.8. The fraction of sp³-hybridized carbons (Fsp3) is 0.296. The van der Waals surface area contributed by atoms with Crippen LogP contribution in [0, 0.1) is 0 Å². The second-order valence-electron chi connectivity index (χ2n) is 8.27. The molecule has 36 heavy (non-hydrogen) atoms. The van der Waals surface area contributed by atoms with Gasteiger partial charge >= 0.3 is 5.97 Å². The molecule has 188 valence electrons. The third-order valence-electron chi connectivity index (χ3n) is 6.13. The quantitative estimate of drug-likeness (QED) is 0.471. The molecule has 0 spiro atoms. The van der Waals surface area contributed by atoms with E-state index in [4.69, 9.17) is 16.3 Å². The van der Waals surface area contributed by atoms with Crippen molar-refractivity contribution in [2.45, 2.75) is 33.7 Å². The Balaban J connectivity index is 1.88. The number of nitrogens with zero attached hydrogens (tertiary/aromatic N) is 3. The van der Waals surface area contributed by atoms with Crippen molar-refractivity contribution < 1.29 is 14.6 Å². The van der Waals surface area contributed by atoms with E-state index in [0.29, 0.717) is 31.2 Å². The van der Waals surface area contributed by atoms with E-state index in [-0.39, 0.29) is 17.9 Å². The van der Waals surface area contributed by atoms with Gasteiger partial charge in [-0.3, -0.25) is 9.36 Å². The summed E-state index contributed by atoms with van der Waals surface area (Å²) >= 11 is 7.31. The number of carbonyl (C=O) groups is 1. The number of thiazole rings is 1. The maximum absolute atomic E-state index is 13.7. The number of hydrogen-bond donors (Lipinski definition) is 1. The van der Waals surface area contributed by atoms with Gasteiger partial charge in [0.1, 0.15) is 5.75 Å². The molecule has 0 radical (unpaired) electrons. The minimum absolute atomic E-state index is 0.0860. The number of ether oxygens (including phenoxy) is 1. The van der Waals surface area contributed by atoms with E-state index in [1.807, 2.05) is 6.07 Å². The summed E-state index contributed by atoms with van der Waals surface area (Å²) in [6.45, 7) is 9.43. The first-order valence-electron chi connectivity index (χ1n) is 11.8. The third-order valence-corrected chi connectivity index (χ3v) is 7.37. The van der Waals surface area contributed by atoms with Crippen LogP contribution in [-0.2, 0) is 9.53 Å². The molecule has 4 rings (SSSR count). The molecule has 0 fully saturated rings. The molecule has 0 unspecified atom stereocenters. The Morgan fingerprint density at radius 1 is 1.19 bits per heavy atom. The zero-order chi connectivity index (χ0) is 26.0. The van der Waals surface area contributed by atoms with Crippen molar-refractivity contribution in [3.8, 4) is 5.75 Å². The number of allylic oxidation sites excluding steroid dienone is 1. The minimum atomic E-state index is -0.710. The van der Waals surface area contributed by atoms with Crippen LogP contribution in [0.4, 0.5) is 5.69 Å². The van der Waals surface area contributed by atoms with Crippen molar-refractivity contribution in [2.24, 2.45) is 4.99 Å². The molecule has 0 saturated carbocycles. The normalized spacial score (nSPS) is 15.5. The van der Waals surface area contributed by atoms with Crippen LogP contribution < -0.4 is 19.8 Å². The van der Waals surface area contributed by atoms with Gasteiger partial charge in [0, 0.05) is 35.4 Å². The number of benzene rings is 2. The van der Waals surface area contributed by atoms with E-state index in [9.17, 15) is 14.7 Å². The van der Waals surface area contributed by atoms with E-state index in [2.05, 4.69) is 23.7 Å². The standard InChI is InChI=1S/C27H28ClN3O4S/c1-5-30(6-2)20-13-10-18(21(32)15-20)14-22-25(33)31-24(17-8-11-19(28)12-9-17)23(26(34)35-7-3)16(4)29-27(31)36-22/h8-15,24,32H,5-7H2,1-4H3/b22-14-/t24-/m1/s1. The lowest BCUT2D eigenvalue weighted by Crippen LogP contribution is -2.39. The van der Waals surface area contributed by atoms with Crippen molar-refractivity contribution >= 4 is 40.7 Å². The number of hydrogen-bond acceptors (Lipinski definition) is 7. The summed E-state index contributed by atoms with van der Waals surface area (Å²) in [5.74, 6) is -0.430. The molecular weight excluding hydrogens is 498 g/mol. The van der Waals surface area contributed by atoms with Gasteiger partial charge in [-0.25, -0.2) is 9.79 Å². The van der Waals surface area contributed by atoms with Crippen LogP contribution in [0.3, 0.4) is 0 Å². The van der Waals surface area contributed by atoms with Gasteiger partial charge in [-0.15, -0.1) is 0 Å². The lowest BCUT2D eigenvalue weighted by Gasteiger charge is -2.24. The molecule has 0 amide bonds. The van der Waals surface area contributed by atoms with Crippen LogP contribution >= 0.6 is 22.9 Å². The van der Waals surface area contributed by atoms with Gasteiger partial charge in [0.15, 0.2) is 4.80 Å². The number of anilines is 1. The fourth-order valence-electron chi connectivity index (χ4n) is 4.33. The number of aromatic hydroxyl groups is 1. The molecular formula is C27H28ClN3O4S. The number of aromatic nitrogens is 1. The van der Waals surface area contributed by atoms with Crippen LogP contribution in [0.2, 0.25) is 5.02 Å². The average Bonchev–Trinajstić information content (AvgIpc) is 3.15. The Bertz CT molecular complexity index is 1500. The van der Waals surface area contributed by atoms with Gasteiger partial charge in [0.05, 0.1) is 28.5 Å². The Morgan fingerprint density at radius 2 is 1.89 bits per heavy atom. The third kappa shape index (κ3) is 4.83. The predicted octanol–water partition coefficient (Wildman–Crippen LogP) is 4.00. The molecule has 1 aliphatic rings. The lowest BCUT2D eigenvalue weighted by molar-refractivity contribution is -0.139. The van der Waals surface area contributed by atoms with Crippen molar-refractivity contribution in [2.75, 3.05) is 24.6 Å². The molecule has 1 N–H and O–H groups in total. The second kappa shape index (κ2) is 10.7. The highest BCUT2D eigenvalue weighted by Gasteiger charge is 2.33. The smallest absolute Gasteiger partial charge is 0.338 e. The van der Waals surface area contributed by atoms with Gasteiger partial charge in [-0.05, 0) is 63.6 Å². The van der Waals surface area contributed by atoms with Gasteiger partial charge in [0.25, 0.3) is 5.56 Å². The van der Waals surface area contributed by atoms with Gasteiger partial charge in [0.2, 0.25) is 0 Å². The summed E-state index contributed by atoms with van der Waals surface area (Å²) in [6, 6.07) is 11.7. The number of carbonyl (C=O) groups excluding carboxylic acids is 1. The van der Waals surface area contributed by atoms with Crippen LogP contribution in [-0.4, -0.2) is 35.3 Å². The zero-order valence-corrected chi connectivity index (χ0v) is 22.2. The lowest BCUT2D eigenvalue weighted by atomic mass is 9.96. The minimum Gasteiger partial charge on any atom is -0.507 e. The van der Waals surface area contributed by atoms with Crippen LogP contribution in [0.15, 0.2) is 63.5 Å². The Hall–Kier alpha value is -3.36. The summed E-state index contributed by atoms with van der Waals surface area (Å²) in [6.07, 6.45) is 1.66. The largest absolute Gasteiger partial charge is 0.507 e. The Morgan fingerprint density at radius 3 is 2.50 bits per heavy atom. The number of esters is 1. The first-order valence-corrected chi connectivity index (χ1v) is 13.0. The van der Waals surface area contributed by atoms with Gasteiger partial charge in [-0.1, -0.05) is 35.1 Å². The molecule has 1 atom stereocenters. The highest BCUT2D eigenvalue weighted by molar-refractivity contribution is 7.07. The van der Waals surface area contributed by atoms with Crippen molar-refractivity contribution in [3.63, 3.8) is 0 Å². The highest BCUT2D eigenvalue weighted by atomic mass is 35.5. The van der Waals surface area contributed by atoms with Crippen LogP contribution in [0.25, 0.3) is 6.08 Å². The van der Waals surface area contributed by atoms with Crippen molar-refractivity contribution in [1.29, 1.82) is 0 Å². The molecule has 0 saturated heterocycles. The van der Waals surface area contributed by atoms with Crippen molar-refractivity contribution in [1.82, 2.24) is 4.57 Å². The van der Waals surface area contributed by atoms with E-state index >= 15 is 0 Å². The number of rotatable bonds is 7. The second-order valence-corrected chi connectivity index (χ2v) is 9.71. The SMILES string of the molecule is CCOC(=O)C1=C(C)N=c2s/c(=C\c3ccc(N(CC)CC)cc3O)c(=O)n2[C@@H]1c1ccc(Cl)cc1. The first kappa shape index (κ1) is 25.7. The van der Waals surface area contributed by atoms with E-state index in [1.165, 1.54) is 15.9 Å². The Labute approximate surface area is 218 Å². The Kier molecular flexibility index (Phi) is 7.66. The molecule has 3 aromatic rings. The van der Waals surface area contributed by atoms with Crippen molar-refractivity contribution in [3.05, 3.63) is 89.6 Å². The van der Waals surface area contributed by atoms with Gasteiger partial charge < -0.3 is 14.7 Å². The summed E-state index contributed by atoms with van der Waals surface area (Å²) in [5, 5.41) is 11.2. The predicted molar refractivity (Wildman–Crippen MR) is 144 cm³/mol. The molecule has 2 heterocycles. The topological polar surface area (TPSA) is 84.1 Å².